The van der Waals surface area contributed by atoms with Crippen molar-refractivity contribution in [2.45, 2.75) is 13.3 Å². The van der Waals surface area contributed by atoms with Crippen LogP contribution in [0.25, 0.3) is 21.5 Å². The molecule has 1 N–H and O–H groups in total. The van der Waals surface area contributed by atoms with Gasteiger partial charge in [0.2, 0.25) is 10.0 Å². The second kappa shape index (κ2) is 7.03. The minimum Gasteiger partial charge on any atom is -0.284 e. The Kier molecular flexibility index (Phi) is 4.71. The summed E-state index contributed by atoms with van der Waals surface area (Å²) in [6.07, 6.45) is 1.86. The van der Waals surface area contributed by atoms with Crippen molar-refractivity contribution in [1.29, 1.82) is 0 Å². The van der Waals surface area contributed by atoms with Crippen molar-refractivity contribution in [3.05, 3.63) is 63.4 Å². The van der Waals surface area contributed by atoms with Crippen LogP contribution in [0.5, 0.6) is 0 Å². The predicted octanol–water partition coefficient (Wildman–Crippen LogP) is 4.69. The van der Waals surface area contributed by atoms with E-state index in [4.69, 9.17) is 4.98 Å². The first-order valence-electron chi connectivity index (χ1n) is 8.26. The van der Waals surface area contributed by atoms with E-state index in [0.717, 1.165) is 44.3 Å². The first-order chi connectivity index (χ1) is 12.9. The lowest BCUT2D eigenvalue weighted by Gasteiger charge is -2.04. The maximum atomic E-state index is 11.3. The maximum absolute atomic E-state index is 11.3. The summed E-state index contributed by atoms with van der Waals surface area (Å²) in [6.45, 7) is 2.05. The van der Waals surface area contributed by atoms with Crippen molar-refractivity contribution in [3.63, 3.8) is 0 Å². The molecule has 2 aromatic carbocycles. The Labute approximate surface area is 165 Å². The molecule has 0 bridgehead atoms. The predicted molar refractivity (Wildman–Crippen MR) is 113 cm³/mol. The fraction of sp³-hybridized carbons (Fsp3) is 0.158. The lowest BCUT2D eigenvalue weighted by Crippen LogP contribution is -2.09. The molecule has 4 rings (SSSR count). The molecule has 0 spiro atoms. The van der Waals surface area contributed by atoms with Crippen molar-refractivity contribution in [3.8, 4) is 11.3 Å². The smallest absolute Gasteiger partial charge is 0.229 e. The molecule has 8 heteroatoms. The monoisotopic (exact) mass is 415 g/mol. The molecule has 0 atom stereocenters. The molecule has 2 aromatic heterocycles. The largest absolute Gasteiger partial charge is 0.284 e. The third-order valence-electron chi connectivity index (χ3n) is 3.94. The van der Waals surface area contributed by atoms with Crippen molar-refractivity contribution >= 4 is 48.6 Å². The lowest BCUT2D eigenvalue weighted by atomic mass is 10.1. The molecule has 0 aliphatic carbocycles. The van der Waals surface area contributed by atoms with Crippen LogP contribution >= 0.6 is 22.7 Å². The summed E-state index contributed by atoms with van der Waals surface area (Å²) in [5.41, 5.74) is 3.48. The van der Waals surface area contributed by atoms with Gasteiger partial charge in [-0.15, -0.1) is 22.7 Å². The zero-order chi connectivity index (χ0) is 19.0. The van der Waals surface area contributed by atoms with Gasteiger partial charge in [0.15, 0.2) is 0 Å². The van der Waals surface area contributed by atoms with E-state index in [1.165, 1.54) is 4.70 Å². The number of nitrogens with one attached hydrogen (secondary N) is 1. The van der Waals surface area contributed by atoms with E-state index in [0.29, 0.717) is 5.69 Å². The van der Waals surface area contributed by atoms with Crippen LogP contribution in [0.1, 0.15) is 14.9 Å². The fourth-order valence-electron chi connectivity index (χ4n) is 2.83. The Balaban J connectivity index is 1.57. The van der Waals surface area contributed by atoms with Crippen LogP contribution in [0.15, 0.2) is 48.5 Å². The lowest BCUT2D eigenvalue weighted by molar-refractivity contribution is 0.607. The highest BCUT2D eigenvalue weighted by atomic mass is 32.2. The topological polar surface area (TPSA) is 72.0 Å². The third kappa shape index (κ3) is 4.18. The van der Waals surface area contributed by atoms with Gasteiger partial charge in [-0.05, 0) is 31.2 Å². The van der Waals surface area contributed by atoms with Crippen LogP contribution in [0.3, 0.4) is 0 Å². The van der Waals surface area contributed by atoms with Gasteiger partial charge in [-0.3, -0.25) is 4.72 Å². The van der Waals surface area contributed by atoms with Crippen molar-refractivity contribution in [2.75, 3.05) is 11.0 Å². The second-order valence-electron chi connectivity index (χ2n) is 6.22. The SMILES string of the molecule is Cc1sc(Cc2nc3ccccc3s2)nc1-c1ccc(NS(C)(=O)=O)cc1. The van der Waals surface area contributed by atoms with Crippen molar-refractivity contribution < 1.29 is 8.42 Å². The van der Waals surface area contributed by atoms with E-state index in [2.05, 4.69) is 22.7 Å². The number of fused-ring (bicyclic) bond motifs is 1. The zero-order valence-electron chi connectivity index (χ0n) is 14.8. The fourth-order valence-corrected chi connectivity index (χ4v) is 5.42. The molecule has 138 valence electrons. The van der Waals surface area contributed by atoms with Crippen molar-refractivity contribution in [1.82, 2.24) is 9.97 Å². The zero-order valence-corrected chi connectivity index (χ0v) is 17.2. The Hall–Kier alpha value is -2.29. The first kappa shape index (κ1) is 18.1. The summed E-state index contributed by atoms with van der Waals surface area (Å²) in [5.74, 6) is 0. The van der Waals surface area contributed by atoms with Gasteiger partial charge in [-0.2, -0.15) is 0 Å². The molecular weight excluding hydrogens is 398 g/mol. The van der Waals surface area contributed by atoms with E-state index in [1.807, 2.05) is 30.3 Å². The number of para-hydroxylation sites is 1. The highest BCUT2D eigenvalue weighted by molar-refractivity contribution is 7.92. The number of aryl methyl sites for hydroxylation is 1. The average molecular weight is 416 g/mol. The van der Waals surface area contributed by atoms with Gasteiger partial charge >= 0.3 is 0 Å². The average Bonchev–Trinajstić information content (AvgIpc) is 3.17. The standard InChI is InChI=1S/C19H17N3O2S3/c1-12-19(13-7-9-14(10-8-13)22-27(2,23)24)21-18(25-12)11-17-20-15-5-3-4-6-16(15)26-17/h3-10,22H,11H2,1-2H3. The number of aromatic nitrogens is 2. The first-order valence-corrected chi connectivity index (χ1v) is 11.8. The summed E-state index contributed by atoms with van der Waals surface area (Å²) in [7, 11) is -3.27. The molecule has 0 saturated carbocycles. The van der Waals surface area contributed by atoms with E-state index in [9.17, 15) is 8.42 Å². The normalized spacial score (nSPS) is 11.8. The van der Waals surface area contributed by atoms with Gasteiger partial charge < -0.3 is 0 Å². The summed E-state index contributed by atoms with van der Waals surface area (Å²) in [4.78, 5) is 10.6. The Morgan fingerprint density at radius 2 is 1.67 bits per heavy atom. The molecule has 2 heterocycles. The Bertz CT molecular complexity index is 1180. The van der Waals surface area contributed by atoms with Crippen LogP contribution in [-0.4, -0.2) is 24.6 Å². The summed E-state index contributed by atoms with van der Waals surface area (Å²) >= 11 is 3.37. The quantitative estimate of drug-likeness (QED) is 0.513. The minimum atomic E-state index is -3.27. The summed E-state index contributed by atoms with van der Waals surface area (Å²) < 4.78 is 26.3. The molecule has 0 unspecified atom stereocenters. The molecule has 0 aliphatic heterocycles. The number of anilines is 1. The highest BCUT2D eigenvalue weighted by Crippen LogP contribution is 2.31. The van der Waals surface area contributed by atoms with Gasteiger partial charge in [-0.1, -0.05) is 24.3 Å². The maximum Gasteiger partial charge on any atom is 0.229 e. The molecule has 4 aromatic rings. The van der Waals surface area contributed by atoms with Crippen LogP contribution in [0, 0.1) is 6.92 Å². The molecule has 0 aliphatic rings. The molecule has 0 fully saturated rings. The molecule has 0 amide bonds. The van der Waals surface area contributed by atoms with Gasteiger partial charge in [0.1, 0.15) is 10.0 Å². The molecule has 5 nitrogen and oxygen atoms in total. The number of benzene rings is 2. The Morgan fingerprint density at radius 3 is 2.37 bits per heavy atom. The van der Waals surface area contributed by atoms with Gasteiger partial charge in [0.05, 0.1) is 28.6 Å². The number of nitrogens with zero attached hydrogens (tertiary/aromatic N) is 2. The minimum absolute atomic E-state index is 0.545. The third-order valence-corrected chi connectivity index (χ3v) is 6.56. The molecule has 0 radical (unpaired) electrons. The Morgan fingerprint density at radius 1 is 0.963 bits per heavy atom. The molecular formula is C19H17N3O2S3. The summed E-state index contributed by atoms with van der Waals surface area (Å²) in [6, 6.07) is 15.4. The van der Waals surface area contributed by atoms with E-state index >= 15 is 0 Å². The number of hydrogen-bond acceptors (Lipinski definition) is 6. The van der Waals surface area contributed by atoms with Crippen LogP contribution in [0.4, 0.5) is 5.69 Å². The number of hydrogen-bond donors (Lipinski definition) is 1. The van der Waals surface area contributed by atoms with Crippen LogP contribution in [0.2, 0.25) is 0 Å². The van der Waals surface area contributed by atoms with E-state index in [1.54, 1.807) is 34.8 Å². The van der Waals surface area contributed by atoms with Crippen molar-refractivity contribution in [2.24, 2.45) is 0 Å². The van der Waals surface area contributed by atoms with Gasteiger partial charge in [-0.25, -0.2) is 18.4 Å². The second-order valence-corrected chi connectivity index (χ2v) is 10.4. The van der Waals surface area contributed by atoms with E-state index < -0.39 is 10.0 Å². The molecule has 0 saturated heterocycles. The summed E-state index contributed by atoms with van der Waals surface area (Å²) in [5, 5.41) is 2.09. The number of sulfonamides is 1. The van der Waals surface area contributed by atoms with Crippen LogP contribution < -0.4 is 4.72 Å². The van der Waals surface area contributed by atoms with Gasteiger partial charge in [0, 0.05) is 16.1 Å². The number of thiazole rings is 2. The number of rotatable bonds is 5. The highest BCUT2D eigenvalue weighted by Gasteiger charge is 2.13. The van der Waals surface area contributed by atoms with Gasteiger partial charge in [0.25, 0.3) is 0 Å². The van der Waals surface area contributed by atoms with Crippen LogP contribution in [-0.2, 0) is 16.4 Å². The van der Waals surface area contributed by atoms with E-state index in [-0.39, 0.29) is 0 Å². The molecule has 27 heavy (non-hydrogen) atoms.